The second-order valence-corrected chi connectivity index (χ2v) is 3.58. The van der Waals surface area contributed by atoms with Crippen LogP contribution in [0.1, 0.15) is 0 Å². The van der Waals surface area contributed by atoms with Crippen molar-refractivity contribution in [1.82, 2.24) is 0 Å². The molecule has 2 atom stereocenters. The third-order valence-corrected chi connectivity index (χ3v) is 2.06. The van der Waals surface area contributed by atoms with E-state index in [0.717, 1.165) is 6.08 Å². The molecule has 6 heteroatoms. The lowest BCUT2D eigenvalue weighted by Gasteiger charge is -2.15. The van der Waals surface area contributed by atoms with Gasteiger partial charge in [-0.3, -0.25) is 4.57 Å². The lowest BCUT2D eigenvalue weighted by atomic mass is 10.4. The summed E-state index contributed by atoms with van der Waals surface area (Å²) < 4.78 is 10.3. The van der Waals surface area contributed by atoms with E-state index < -0.39 is 19.5 Å². The van der Waals surface area contributed by atoms with E-state index in [2.05, 4.69) is 6.58 Å². The van der Waals surface area contributed by atoms with E-state index in [9.17, 15) is 4.57 Å². The van der Waals surface area contributed by atoms with Gasteiger partial charge in [0, 0.05) is 0 Å². The highest BCUT2D eigenvalue weighted by atomic mass is 31.2. The highest BCUT2D eigenvalue weighted by molar-refractivity contribution is 7.52. The summed E-state index contributed by atoms with van der Waals surface area (Å²) in [6, 6.07) is 0. The minimum atomic E-state index is -4.37. The molecular weight excluding hydrogens is 157 g/mol. The van der Waals surface area contributed by atoms with Crippen LogP contribution in [0.5, 0.6) is 0 Å². The lowest BCUT2D eigenvalue weighted by molar-refractivity contribution is 0.202. The number of hydrogen-bond acceptors (Lipinski definition) is 3. The molecule has 5 nitrogen and oxygen atoms in total. The van der Waals surface area contributed by atoms with Crippen molar-refractivity contribution in [3.63, 3.8) is 0 Å². The van der Waals surface area contributed by atoms with Gasteiger partial charge in [0.05, 0.1) is 6.10 Å². The summed E-state index contributed by atoms with van der Waals surface area (Å²) in [5.74, 6) is -1.56. The summed E-state index contributed by atoms with van der Waals surface area (Å²) in [4.78, 5) is 16.7. The molecule has 0 saturated heterocycles. The van der Waals surface area contributed by atoms with Crippen LogP contribution in [0.15, 0.2) is 12.7 Å². The molecule has 0 fully saturated rings. The first-order valence-electron chi connectivity index (χ1n) is 2.51. The average molecular weight is 167 g/mol. The van der Waals surface area contributed by atoms with Crippen molar-refractivity contribution in [3.05, 3.63) is 12.7 Å². The Morgan fingerprint density at radius 2 is 2.00 bits per heavy atom. The fourth-order valence-electron chi connectivity index (χ4n) is 0.338. The maximum atomic E-state index is 10.3. The minimum Gasteiger partial charge on any atom is -0.387 e. The van der Waals surface area contributed by atoms with Crippen molar-refractivity contribution >= 4 is 7.60 Å². The maximum absolute atomic E-state index is 10.3. The summed E-state index contributed by atoms with van der Waals surface area (Å²) in [6.07, 6.45) is -0.384. The van der Waals surface area contributed by atoms with Gasteiger partial charge in [0.2, 0.25) is 0 Å². The van der Waals surface area contributed by atoms with Gasteiger partial charge in [0.25, 0.3) is 0 Å². The zero-order valence-corrected chi connectivity index (χ0v) is 6.11. The molecule has 0 aliphatic carbocycles. The first-order chi connectivity index (χ1) is 4.39. The van der Waals surface area contributed by atoms with Crippen LogP contribution in [0.25, 0.3) is 0 Å². The summed E-state index contributed by atoms with van der Waals surface area (Å²) in [6.45, 7) is 3.12. The van der Waals surface area contributed by atoms with E-state index in [1.165, 1.54) is 0 Å². The van der Waals surface area contributed by atoms with Crippen molar-refractivity contribution in [3.8, 4) is 0 Å². The third kappa shape index (κ3) is 2.60. The van der Waals surface area contributed by atoms with Gasteiger partial charge in [0.15, 0.2) is 0 Å². The topological polar surface area (TPSA) is 104 Å². The van der Waals surface area contributed by atoms with Crippen LogP contribution in [0.4, 0.5) is 0 Å². The Kier molecular flexibility index (Phi) is 3.21. The summed E-state index contributed by atoms with van der Waals surface area (Å²) >= 11 is 0. The molecule has 0 rings (SSSR count). The van der Waals surface area contributed by atoms with Crippen LogP contribution in [-0.2, 0) is 4.57 Å². The second-order valence-electron chi connectivity index (χ2n) is 1.81. The van der Waals surface area contributed by atoms with Crippen molar-refractivity contribution in [2.24, 2.45) is 5.73 Å². The number of rotatable bonds is 3. The molecule has 0 aliphatic heterocycles. The van der Waals surface area contributed by atoms with Gasteiger partial charge in [-0.2, -0.15) is 0 Å². The fourth-order valence-corrected chi connectivity index (χ4v) is 0.858. The van der Waals surface area contributed by atoms with Crippen LogP contribution in [-0.4, -0.2) is 26.8 Å². The third-order valence-electron chi connectivity index (χ3n) is 0.980. The Hall–Kier alpha value is -0.190. The van der Waals surface area contributed by atoms with Crippen LogP contribution in [0.2, 0.25) is 0 Å². The van der Waals surface area contributed by atoms with Crippen LogP contribution >= 0.6 is 7.60 Å². The Labute approximate surface area is 58.3 Å². The molecule has 0 aromatic rings. The van der Waals surface area contributed by atoms with Crippen LogP contribution in [0, 0.1) is 0 Å². The van der Waals surface area contributed by atoms with Gasteiger partial charge in [-0.25, -0.2) is 0 Å². The molecule has 5 N–H and O–H groups in total. The van der Waals surface area contributed by atoms with E-state index in [1.54, 1.807) is 0 Å². The largest absolute Gasteiger partial charge is 0.387 e. The highest BCUT2D eigenvalue weighted by Gasteiger charge is 2.29. The zero-order valence-electron chi connectivity index (χ0n) is 5.21. The predicted molar refractivity (Wildman–Crippen MR) is 36.2 cm³/mol. The van der Waals surface area contributed by atoms with E-state index in [4.69, 9.17) is 20.6 Å². The lowest BCUT2D eigenvalue weighted by Crippen LogP contribution is -2.32. The van der Waals surface area contributed by atoms with Crippen LogP contribution < -0.4 is 5.73 Å². The molecule has 2 unspecified atom stereocenters. The van der Waals surface area contributed by atoms with E-state index in [1.807, 2.05) is 0 Å². The van der Waals surface area contributed by atoms with Crippen molar-refractivity contribution in [2.75, 3.05) is 0 Å². The molecule has 0 aromatic carbocycles. The number of hydrogen-bond donors (Lipinski definition) is 4. The second kappa shape index (κ2) is 3.27. The molecule has 60 valence electrons. The Morgan fingerprint density at radius 1 is 1.60 bits per heavy atom. The monoisotopic (exact) mass is 167 g/mol. The minimum absolute atomic E-state index is 0.976. The zero-order chi connectivity index (χ0) is 8.36. The van der Waals surface area contributed by atoms with Gasteiger partial charge in [-0.05, 0) is 0 Å². The van der Waals surface area contributed by atoms with E-state index in [-0.39, 0.29) is 0 Å². The number of nitrogens with two attached hydrogens (primary N) is 1. The summed E-state index contributed by atoms with van der Waals surface area (Å²) in [5, 5.41) is 8.73. The Balaban J connectivity index is 4.21. The van der Waals surface area contributed by atoms with Gasteiger partial charge in [0.1, 0.15) is 5.78 Å². The number of aliphatic hydroxyl groups is 1. The summed E-state index contributed by atoms with van der Waals surface area (Å²) in [7, 11) is -4.37. The quantitative estimate of drug-likeness (QED) is 0.318. The highest BCUT2D eigenvalue weighted by Crippen LogP contribution is 2.39. The smallest absolute Gasteiger partial charge is 0.345 e. The molecule has 10 heavy (non-hydrogen) atoms. The molecule has 0 heterocycles. The SMILES string of the molecule is C=CC(O)C(N)P(=O)(O)O. The standard InChI is InChI=1S/C4H10NO4P/c1-2-3(6)4(5)10(7,8)9/h2-4,6H,1,5H2,(H2,7,8,9). The van der Waals surface area contributed by atoms with Crippen molar-refractivity contribution in [1.29, 1.82) is 0 Å². The normalized spacial score (nSPS) is 18.0. The Bertz CT molecular complexity index is 165. The molecule has 0 aromatic heterocycles. The van der Waals surface area contributed by atoms with Gasteiger partial charge < -0.3 is 20.6 Å². The molecular formula is C4H10NO4P. The van der Waals surface area contributed by atoms with Gasteiger partial charge in [-0.15, -0.1) is 6.58 Å². The van der Waals surface area contributed by atoms with Crippen molar-refractivity contribution in [2.45, 2.75) is 11.9 Å². The molecule has 0 aliphatic rings. The molecule has 0 saturated carbocycles. The first-order valence-corrected chi connectivity index (χ1v) is 4.19. The van der Waals surface area contributed by atoms with E-state index >= 15 is 0 Å². The molecule has 0 amide bonds. The van der Waals surface area contributed by atoms with Gasteiger partial charge >= 0.3 is 7.60 Å². The Morgan fingerprint density at radius 3 is 2.10 bits per heavy atom. The molecule has 0 radical (unpaired) electrons. The predicted octanol–water partition coefficient (Wildman–Crippen LogP) is -1.00. The van der Waals surface area contributed by atoms with Gasteiger partial charge in [-0.1, -0.05) is 6.08 Å². The van der Waals surface area contributed by atoms with Crippen molar-refractivity contribution < 1.29 is 19.5 Å². The first kappa shape index (κ1) is 9.81. The molecule has 0 bridgehead atoms. The summed E-state index contributed by atoms with van der Waals surface area (Å²) in [5.41, 5.74) is 4.92. The maximum Gasteiger partial charge on any atom is 0.345 e. The number of aliphatic hydroxyl groups excluding tert-OH is 1. The average Bonchev–Trinajstić information content (AvgIpc) is 1.83. The van der Waals surface area contributed by atoms with E-state index in [0.29, 0.717) is 0 Å². The fraction of sp³-hybridized carbons (Fsp3) is 0.500. The molecule has 0 spiro atoms. The van der Waals surface area contributed by atoms with Crippen LogP contribution in [0.3, 0.4) is 0 Å².